The number of methoxy groups -OCH3 is 1. The lowest BCUT2D eigenvalue weighted by atomic mass is 10.1. The van der Waals surface area contributed by atoms with Crippen molar-refractivity contribution in [2.75, 3.05) is 13.7 Å². The molecule has 0 aromatic heterocycles. The van der Waals surface area contributed by atoms with E-state index in [1.165, 1.54) is 6.92 Å². The number of carbonyl (C=O) groups is 1. The molecule has 0 heterocycles. The van der Waals surface area contributed by atoms with Gasteiger partial charge in [-0.3, -0.25) is 4.79 Å². The van der Waals surface area contributed by atoms with E-state index >= 15 is 0 Å². The van der Waals surface area contributed by atoms with E-state index in [0.29, 0.717) is 12.4 Å². The van der Waals surface area contributed by atoms with Crippen molar-refractivity contribution < 1.29 is 19.4 Å². The number of aromatic hydroxyl groups is 1. The lowest BCUT2D eigenvalue weighted by Crippen LogP contribution is -1.95. The molecule has 0 unspecified atom stereocenters. The van der Waals surface area contributed by atoms with Crippen LogP contribution in [0.4, 0.5) is 0 Å². The van der Waals surface area contributed by atoms with E-state index in [4.69, 9.17) is 4.74 Å². The average Bonchev–Trinajstić information content (AvgIpc) is 2.27. The molecule has 17 heavy (non-hydrogen) atoms. The van der Waals surface area contributed by atoms with Crippen LogP contribution in [-0.4, -0.2) is 24.8 Å². The van der Waals surface area contributed by atoms with Crippen molar-refractivity contribution in [3.05, 3.63) is 23.3 Å². The lowest BCUT2D eigenvalue weighted by molar-refractivity contribution is -0.140. The minimum Gasteiger partial charge on any atom is -0.508 e. The monoisotopic (exact) mass is 240 g/mol. The summed E-state index contributed by atoms with van der Waals surface area (Å²) in [5, 5.41) is 9.26. The van der Waals surface area contributed by atoms with Crippen LogP contribution in [0.3, 0.4) is 0 Å². The quantitative estimate of drug-likeness (QED) is 0.807. The summed E-state index contributed by atoms with van der Waals surface area (Å²) in [6.07, 6.45) is 0. The van der Waals surface area contributed by atoms with Crippen LogP contribution >= 0.6 is 0 Å². The highest BCUT2D eigenvalue weighted by Gasteiger charge is 2.03. The Balaban J connectivity index is 0.000000366. The molecule has 0 aliphatic heterocycles. The van der Waals surface area contributed by atoms with Gasteiger partial charge in [0.05, 0.1) is 13.7 Å². The Kier molecular flexibility index (Phi) is 6.79. The summed E-state index contributed by atoms with van der Waals surface area (Å²) >= 11 is 0. The highest BCUT2D eigenvalue weighted by Crippen LogP contribution is 2.27. The molecule has 0 aliphatic carbocycles. The summed E-state index contributed by atoms with van der Waals surface area (Å²) in [4.78, 5) is 9.82. The minimum atomic E-state index is -0.211. The first kappa shape index (κ1) is 15.3. The van der Waals surface area contributed by atoms with Crippen molar-refractivity contribution in [3.8, 4) is 11.5 Å². The van der Waals surface area contributed by atoms with Gasteiger partial charge in [0.15, 0.2) is 0 Å². The minimum absolute atomic E-state index is 0.211. The molecule has 0 bridgehead atoms. The van der Waals surface area contributed by atoms with Gasteiger partial charge in [0.2, 0.25) is 0 Å². The van der Waals surface area contributed by atoms with Crippen LogP contribution in [0.5, 0.6) is 11.5 Å². The van der Waals surface area contributed by atoms with Gasteiger partial charge >= 0.3 is 5.97 Å². The number of phenolic OH excluding ortho intramolecular Hbond substituents is 1. The van der Waals surface area contributed by atoms with Crippen LogP contribution in [0.1, 0.15) is 25.0 Å². The van der Waals surface area contributed by atoms with Gasteiger partial charge in [-0.2, -0.15) is 0 Å². The second-order valence-electron chi connectivity index (χ2n) is 3.46. The molecule has 96 valence electrons. The second-order valence-corrected chi connectivity index (χ2v) is 3.46. The Labute approximate surface area is 102 Å². The Morgan fingerprint density at radius 1 is 1.29 bits per heavy atom. The fraction of sp³-hybridized carbons (Fsp3) is 0.462. The van der Waals surface area contributed by atoms with Crippen molar-refractivity contribution in [1.29, 1.82) is 0 Å². The molecule has 1 aromatic carbocycles. The Bertz CT molecular complexity index is 372. The molecule has 0 spiro atoms. The maximum atomic E-state index is 9.82. The van der Waals surface area contributed by atoms with Gasteiger partial charge in [-0.1, -0.05) is 0 Å². The molecule has 0 fully saturated rings. The van der Waals surface area contributed by atoms with Crippen molar-refractivity contribution in [3.63, 3.8) is 0 Å². The van der Waals surface area contributed by atoms with Crippen LogP contribution in [0.25, 0.3) is 0 Å². The van der Waals surface area contributed by atoms with Gasteiger partial charge in [-0.05, 0) is 44.0 Å². The highest BCUT2D eigenvalue weighted by atomic mass is 16.5. The van der Waals surface area contributed by atoms with E-state index in [1.807, 2.05) is 13.8 Å². The number of rotatable bonds is 2. The van der Waals surface area contributed by atoms with E-state index in [9.17, 15) is 9.90 Å². The molecule has 1 aromatic rings. The zero-order chi connectivity index (χ0) is 13.4. The predicted octanol–water partition coefficient (Wildman–Crippen LogP) is 2.59. The third kappa shape index (κ3) is 5.24. The van der Waals surface area contributed by atoms with E-state index < -0.39 is 0 Å². The van der Waals surface area contributed by atoms with E-state index in [2.05, 4.69) is 4.74 Å². The first-order valence-corrected chi connectivity index (χ1v) is 5.40. The number of benzene rings is 1. The Morgan fingerprint density at radius 3 is 2.24 bits per heavy atom. The zero-order valence-electron chi connectivity index (χ0n) is 11.0. The molecule has 0 amide bonds. The smallest absolute Gasteiger partial charge is 0.302 e. The first-order chi connectivity index (χ1) is 7.93. The standard InChI is InChI=1S/C9H12O2.C4H8O2/c1-6-7(2)9(11-3)5-4-8(6)10;1-3-6-4(2)5/h4-5,10H,1-3H3;3H2,1-2H3. The SMILES string of the molecule is CCOC(C)=O.COc1ccc(O)c(C)c1C. The van der Waals surface area contributed by atoms with Crippen molar-refractivity contribution >= 4 is 5.97 Å². The van der Waals surface area contributed by atoms with E-state index in [1.54, 1.807) is 26.2 Å². The van der Waals surface area contributed by atoms with Gasteiger partial charge in [0, 0.05) is 6.92 Å². The summed E-state index contributed by atoms with van der Waals surface area (Å²) in [5.41, 5.74) is 1.87. The molecule has 0 saturated carbocycles. The number of hydrogen-bond acceptors (Lipinski definition) is 4. The Morgan fingerprint density at radius 2 is 1.88 bits per heavy atom. The highest BCUT2D eigenvalue weighted by molar-refractivity contribution is 5.65. The average molecular weight is 240 g/mol. The molecular weight excluding hydrogens is 220 g/mol. The molecule has 0 atom stereocenters. The van der Waals surface area contributed by atoms with E-state index in [-0.39, 0.29) is 5.97 Å². The normalized spacial score (nSPS) is 9.00. The van der Waals surface area contributed by atoms with Gasteiger partial charge in [0.25, 0.3) is 0 Å². The number of carbonyl (C=O) groups excluding carboxylic acids is 1. The third-order valence-corrected chi connectivity index (χ3v) is 2.28. The first-order valence-electron chi connectivity index (χ1n) is 5.40. The molecule has 4 nitrogen and oxygen atoms in total. The van der Waals surface area contributed by atoms with Crippen molar-refractivity contribution in [1.82, 2.24) is 0 Å². The predicted molar refractivity (Wildman–Crippen MR) is 66.4 cm³/mol. The van der Waals surface area contributed by atoms with Gasteiger partial charge in [-0.25, -0.2) is 0 Å². The summed E-state index contributed by atoms with van der Waals surface area (Å²) in [6.45, 7) is 7.45. The topological polar surface area (TPSA) is 55.8 Å². The van der Waals surface area contributed by atoms with Crippen molar-refractivity contribution in [2.24, 2.45) is 0 Å². The second kappa shape index (κ2) is 7.54. The molecule has 1 rings (SSSR count). The fourth-order valence-electron chi connectivity index (χ4n) is 1.21. The lowest BCUT2D eigenvalue weighted by Gasteiger charge is -2.07. The number of esters is 1. The molecule has 0 aliphatic rings. The maximum Gasteiger partial charge on any atom is 0.302 e. The summed E-state index contributed by atoms with van der Waals surface area (Å²) in [7, 11) is 1.62. The molecule has 0 radical (unpaired) electrons. The molecule has 1 N–H and O–H groups in total. The van der Waals surface area contributed by atoms with Crippen LogP contribution in [0.15, 0.2) is 12.1 Å². The summed E-state index contributed by atoms with van der Waals surface area (Å²) in [5.74, 6) is 0.932. The van der Waals surface area contributed by atoms with Crippen LogP contribution in [0, 0.1) is 13.8 Å². The molecule has 0 saturated heterocycles. The zero-order valence-corrected chi connectivity index (χ0v) is 11.0. The van der Waals surface area contributed by atoms with Crippen molar-refractivity contribution in [2.45, 2.75) is 27.7 Å². The molecular formula is C13H20O4. The van der Waals surface area contributed by atoms with Gasteiger partial charge in [0.1, 0.15) is 11.5 Å². The largest absolute Gasteiger partial charge is 0.508 e. The number of ether oxygens (including phenoxy) is 2. The number of phenols is 1. The van der Waals surface area contributed by atoms with Crippen LogP contribution in [0.2, 0.25) is 0 Å². The van der Waals surface area contributed by atoms with Crippen LogP contribution in [-0.2, 0) is 9.53 Å². The van der Waals surface area contributed by atoms with Gasteiger partial charge in [-0.15, -0.1) is 0 Å². The van der Waals surface area contributed by atoms with Gasteiger partial charge < -0.3 is 14.6 Å². The maximum absolute atomic E-state index is 9.82. The Hall–Kier alpha value is -1.71. The van der Waals surface area contributed by atoms with Crippen LogP contribution < -0.4 is 4.74 Å². The number of hydrogen-bond donors (Lipinski definition) is 1. The fourth-order valence-corrected chi connectivity index (χ4v) is 1.21. The third-order valence-electron chi connectivity index (χ3n) is 2.28. The molecule has 4 heteroatoms. The summed E-state index contributed by atoms with van der Waals surface area (Å²) in [6, 6.07) is 3.40. The van der Waals surface area contributed by atoms with E-state index in [0.717, 1.165) is 16.9 Å². The summed E-state index contributed by atoms with van der Waals surface area (Å²) < 4.78 is 9.47.